The molecule has 0 heterocycles. The fourth-order valence-corrected chi connectivity index (χ4v) is 2.12. The van der Waals surface area contributed by atoms with Gasteiger partial charge in [0.2, 0.25) is 0 Å². The van der Waals surface area contributed by atoms with Crippen molar-refractivity contribution in [2.75, 3.05) is 5.32 Å². The number of benzene rings is 2. The number of para-hydroxylation sites is 1. The molecule has 104 valence electrons. The van der Waals surface area contributed by atoms with Crippen molar-refractivity contribution >= 4 is 5.69 Å². The lowest BCUT2D eigenvalue weighted by Gasteiger charge is -2.13. The number of rotatable bonds is 3. The van der Waals surface area contributed by atoms with Crippen LogP contribution < -0.4 is 5.32 Å². The minimum Gasteiger partial charge on any atom is -0.345 e. The molecule has 2 rings (SSSR count). The van der Waals surface area contributed by atoms with Crippen LogP contribution in [0.15, 0.2) is 59.8 Å². The molecular weight excluding hydrogens is 272 g/mol. The summed E-state index contributed by atoms with van der Waals surface area (Å²) in [5, 5.41) is 29.9. The second-order valence-corrected chi connectivity index (χ2v) is 4.57. The van der Waals surface area contributed by atoms with Gasteiger partial charge in [0.05, 0.1) is 0 Å². The highest BCUT2D eigenvalue weighted by Crippen LogP contribution is 2.31. The summed E-state index contributed by atoms with van der Waals surface area (Å²) in [6.07, 6.45) is 0. The molecule has 0 bridgehead atoms. The van der Waals surface area contributed by atoms with Gasteiger partial charge in [-0.15, -0.1) is 0 Å². The number of anilines is 1. The summed E-state index contributed by atoms with van der Waals surface area (Å²) in [5.41, 5.74) is 3.42. The van der Waals surface area contributed by atoms with Gasteiger partial charge < -0.3 is 5.32 Å². The third-order valence-electron chi connectivity index (χ3n) is 3.21. The third kappa shape index (κ3) is 2.96. The van der Waals surface area contributed by atoms with Crippen LogP contribution in [0.25, 0.3) is 11.1 Å². The molecule has 0 saturated carbocycles. The molecule has 0 amide bonds. The highest BCUT2D eigenvalue weighted by Gasteiger charge is 2.11. The minimum absolute atomic E-state index is 0.0500. The van der Waals surface area contributed by atoms with E-state index in [0.29, 0.717) is 5.69 Å². The number of hydrogen-bond donors (Lipinski definition) is 1. The van der Waals surface area contributed by atoms with Crippen molar-refractivity contribution < 1.29 is 0 Å². The van der Waals surface area contributed by atoms with E-state index in [0.717, 1.165) is 16.7 Å². The Kier molecular flexibility index (Phi) is 4.56. The molecule has 0 aromatic heterocycles. The Labute approximate surface area is 129 Å². The zero-order valence-electron chi connectivity index (χ0n) is 12.0. The molecule has 0 saturated heterocycles. The molecule has 0 aliphatic heterocycles. The van der Waals surface area contributed by atoms with E-state index in [1.807, 2.05) is 61.5 Å². The molecule has 0 aliphatic rings. The molecule has 2 aromatic rings. The summed E-state index contributed by atoms with van der Waals surface area (Å²) in [6.45, 7) is 2.00. The smallest absolute Gasteiger partial charge is 0.163 e. The first-order chi connectivity index (χ1) is 10.7. The Morgan fingerprint density at radius 1 is 0.818 bits per heavy atom. The number of nitrogens with zero attached hydrogens (tertiary/aromatic N) is 3. The van der Waals surface area contributed by atoms with Gasteiger partial charge in [0, 0.05) is 11.3 Å². The maximum Gasteiger partial charge on any atom is 0.163 e. The van der Waals surface area contributed by atoms with Gasteiger partial charge in [-0.2, -0.15) is 15.8 Å². The normalized spacial score (nSPS) is 9.00. The number of hydrogen-bond acceptors (Lipinski definition) is 4. The fraction of sp³-hybridized carbons (Fsp3) is 0.0556. The first-order valence-electron chi connectivity index (χ1n) is 6.58. The van der Waals surface area contributed by atoms with Gasteiger partial charge in [0.25, 0.3) is 0 Å². The van der Waals surface area contributed by atoms with Gasteiger partial charge in [0.1, 0.15) is 23.9 Å². The second-order valence-electron chi connectivity index (χ2n) is 4.57. The van der Waals surface area contributed by atoms with E-state index < -0.39 is 0 Å². The van der Waals surface area contributed by atoms with Gasteiger partial charge in [-0.05, 0) is 24.1 Å². The van der Waals surface area contributed by atoms with Crippen molar-refractivity contribution in [2.45, 2.75) is 6.92 Å². The zero-order chi connectivity index (χ0) is 15.9. The summed E-state index contributed by atoms with van der Waals surface area (Å²) >= 11 is 0. The Morgan fingerprint density at radius 2 is 1.41 bits per heavy atom. The number of allylic oxidation sites excluding steroid dienone is 2. The molecule has 4 heteroatoms. The van der Waals surface area contributed by atoms with E-state index in [9.17, 15) is 0 Å². The van der Waals surface area contributed by atoms with Crippen LogP contribution >= 0.6 is 0 Å². The molecule has 0 spiro atoms. The van der Waals surface area contributed by atoms with Gasteiger partial charge in [0.15, 0.2) is 5.57 Å². The Morgan fingerprint density at radius 3 is 2.00 bits per heavy atom. The molecule has 0 aliphatic carbocycles. The van der Waals surface area contributed by atoms with Gasteiger partial charge in [-0.1, -0.05) is 42.5 Å². The highest BCUT2D eigenvalue weighted by atomic mass is 14.9. The van der Waals surface area contributed by atoms with E-state index in [2.05, 4.69) is 5.32 Å². The van der Waals surface area contributed by atoms with Crippen LogP contribution in [-0.2, 0) is 0 Å². The van der Waals surface area contributed by atoms with Crippen LogP contribution in [-0.4, -0.2) is 0 Å². The van der Waals surface area contributed by atoms with Crippen LogP contribution in [0.2, 0.25) is 0 Å². The molecule has 0 atom stereocenters. The maximum atomic E-state index is 9.16. The standard InChI is InChI=1S/C18H12N4/c1-13-6-2-3-7-15(13)16-8-4-5-9-17(16)22-18(12-21)14(10-19)11-20/h2-9,22H,1H3. The zero-order valence-corrected chi connectivity index (χ0v) is 12.0. The fourth-order valence-electron chi connectivity index (χ4n) is 2.12. The Balaban J connectivity index is 2.55. The van der Waals surface area contributed by atoms with E-state index in [1.54, 1.807) is 12.1 Å². The summed E-state index contributed by atoms with van der Waals surface area (Å²) in [6, 6.07) is 20.7. The topological polar surface area (TPSA) is 83.4 Å². The van der Waals surface area contributed by atoms with Gasteiger partial charge in [-0.3, -0.25) is 0 Å². The minimum atomic E-state index is -0.234. The van der Waals surface area contributed by atoms with Crippen LogP contribution in [0, 0.1) is 40.9 Å². The monoisotopic (exact) mass is 284 g/mol. The highest BCUT2D eigenvalue weighted by molar-refractivity contribution is 5.81. The van der Waals surface area contributed by atoms with Crippen molar-refractivity contribution in [1.29, 1.82) is 15.8 Å². The predicted molar refractivity (Wildman–Crippen MR) is 84.1 cm³/mol. The number of aryl methyl sites for hydroxylation is 1. The summed E-state index contributed by atoms with van der Waals surface area (Å²) < 4.78 is 0. The summed E-state index contributed by atoms with van der Waals surface area (Å²) in [5.74, 6) is 0. The lowest BCUT2D eigenvalue weighted by atomic mass is 9.99. The van der Waals surface area contributed by atoms with E-state index in [4.69, 9.17) is 15.8 Å². The molecule has 1 N–H and O–H groups in total. The molecule has 0 fully saturated rings. The Bertz CT molecular complexity index is 842. The van der Waals surface area contributed by atoms with Crippen LogP contribution in [0.1, 0.15) is 5.56 Å². The van der Waals surface area contributed by atoms with Gasteiger partial charge in [-0.25, -0.2) is 0 Å². The quantitative estimate of drug-likeness (QED) is 0.866. The van der Waals surface area contributed by atoms with Crippen molar-refractivity contribution in [3.05, 3.63) is 65.4 Å². The SMILES string of the molecule is Cc1ccccc1-c1ccccc1NC(C#N)=C(C#N)C#N. The molecule has 22 heavy (non-hydrogen) atoms. The lowest BCUT2D eigenvalue weighted by molar-refractivity contribution is 1.37. The lowest BCUT2D eigenvalue weighted by Crippen LogP contribution is -2.02. The third-order valence-corrected chi connectivity index (χ3v) is 3.21. The van der Waals surface area contributed by atoms with Crippen molar-refractivity contribution in [2.24, 2.45) is 0 Å². The van der Waals surface area contributed by atoms with Crippen LogP contribution in [0.4, 0.5) is 5.69 Å². The van der Waals surface area contributed by atoms with Gasteiger partial charge >= 0.3 is 0 Å². The van der Waals surface area contributed by atoms with Crippen molar-refractivity contribution in [3.63, 3.8) is 0 Å². The summed E-state index contributed by atoms with van der Waals surface area (Å²) in [4.78, 5) is 0. The molecule has 4 nitrogen and oxygen atoms in total. The average molecular weight is 284 g/mol. The van der Waals surface area contributed by atoms with E-state index in [-0.39, 0.29) is 11.3 Å². The average Bonchev–Trinajstić information content (AvgIpc) is 2.56. The molecule has 0 unspecified atom stereocenters. The summed E-state index contributed by atoms with van der Waals surface area (Å²) in [7, 11) is 0. The predicted octanol–water partition coefficient (Wildman–Crippen LogP) is 3.90. The van der Waals surface area contributed by atoms with E-state index in [1.165, 1.54) is 0 Å². The molecule has 2 aromatic carbocycles. The first-order valence-corrected chi connectivity index (χ1v) is 6.58. The number of nitrogens with one attached hydrogen (secondary N) is 1. The first kappa shape index (κ1) is 14.9. The second kappa shape index (κ2) is 6.75. The largest absolute Gasteiger partial charge is 0.345 e. The maximum absolute atomic E-state index is 9.16. The molecular formula is C18H12N4. The van der Waals surface area contributed by atoms with E-state index >= 15 is 0 Å². The number of nitriles is 3. The van der Waals surface area contributed by atoms with Crippen molar-refractivity contribution in [1.82, 2.24) is 0 Å². The van der Waals surface area contributed by atoms with Crippen molar-refractivity contribution in [3.8, 4) is 29.3 Å². The van der Waals surface area contributed by atoms with Crippen LogP contribution in [0.5, 0.6) is 0 Å². The Hall–Kier alpha value is -3.55. The molecule has 0 radical (unpaired) electrons. The van der Waals surface area contributed by atoms with Crippen LogP contribution in [0.3, 0.4) is 0 Å².